The number of carboxylic acid groups (broad SMARTS) is 1. The van der Waals surface area contributed by atoms with E-state index in [2.05, 4.69) is 12.2 Å². The van der Waals surface area contributed by atoms with Crippen molar-refractivity contribution in [1.82, 2.24) is 0 Å². The first-order chi connectivity index (χ1) is 16.2. The van der Waals surface area contributed by atoms with Crippen LogP contribution in [-0.4, -0.2) is 5.97 Å². The van der Waals surface area contributed by atoms with Crippen molar-refractivity contribution in [2.45, 2.75) is 110 Å². The Bertz CT molecular complexity index is 641. The van der Waals surface area contributed by atoms with Crippen molar-refractivity contribution < 1.29 is 39.5 Å². The molecule has 2 rings (SSSR count). The van der Waals surface area contributed by atoms with Gasteiger partial charge in [0.15, 0.2) is 0 Å². The standard InChI is InChI=1S/C18H36O2.C12H11N.Na/c1-2-3-4-5-6-7-8-9-10-11-12-13-14-15-16-17-18(19)20;1-3-7-11(8-4-1)13-12-9-5-2-6-10-12;/h2-17H2,1H3,(H,19,20);1-10,13H;/q;;+1/p-1. The minimum absolute atomic E-state index is 0. The molecule has 2 aromatic rings. The summed E-state index contributed by atoms with van der Waals surface area (Å²) in [6.45, 7) is 2.27. The van der Waals surface area contributed by atoms with E-state index >= 15 is 0 Å². The maximum absolute atomic E-state index is 10.2. The summed E-state index contributed by atoms with van der Waals surface area (Å²) >= 11 is 0. The number of para-hydroxylation sites is 2. The molecule has 0 aliphatic rings. The Morgan fingerprint density at radius 2 is 0.912 bits per heavy atom. The Hall–Kier alpha value is -1.29. The van der Waals surface area contributed by atoms with Gasteiger partial charge in [-0.2, -0.15) is 0 Å². The van der Waals surface area contributed by atoms with Gasteiger partial charge in [-0.1, -0.05) is 133 Å². The van der Waals surface area contributed by atoms with Crippen molar-refractivity contribution in [2.24, 2.45) is 0 Å². The van der Waals surface area contributed by atoms with E-state index in [9.17, 15) is 9.90 Å². The zero-order valence-corrected chi connectivity index (χ0v) is 23.9. The zero-order valence-electron chi connectivity index (χ0n) is 21.9. The third kappa shape index (κ3) is 21.3. The van der Waals surface area contributed by atoms with E-state index in [1.165, 1.54) is 83.5 Å². The summed E-state index contributed by atoms with van der Waals surface area (Å²) in [4.78, 5) is 10.2. The number of hydrogen-bond donors (Lipinski definition) is 1. The van der Waals surface area contributed by atoms with Gasteiger partial charge in [0.05, 0.1) is 0 Å². The quantitative estimate of drug-likeness (QED) is 0.231. The van der Waals surface area contributed by atoms with Gasteiger partial charge in [0.1, 0.15) is 0 Å². The molecule has 0 radical (unpaired) electrons. The van der Waals surface area contributed by atoms with E-state index in [0.29, 0.717) is 0 Å². The number of aliphatic carboxylic acids is 1. The minimum Gasteiger partial charge on any atom is -0.550 e. The van der Waals surface area contributed by atoms with Crippen molar-refractivity contribution in [3.63, 3.8) is 0 Å². The number of hydrogen-bond acceptors (Lipinski definition) is 3. The van der Waals surface area contributed by atoms with Crippen LogP contribution < -0.4 is 40.0 Å². The molecule has 0 fully saturated rings. The van der Waals surface area contributed by atoms with Crippen LogP contribution in [0.3, 0.4) is 0 Å². The molecule has 34 heavy (non-hydrogen) atoms. The molecule has 0 heterocycles. The van der Waals surface area contributed by atoms with Gasteiger partial charge < -0.3 is 15.2 Å². The predicted molar refractivity (Wildman–Crippen MR) is 141 cm³/mol. The van der Waals surface area contributed by atoms with Gasteiger partial charge >= 0.3 is 29.6 Å². The molecule has 0 saturated heterocycles. The molecule has 0 bridgehead atoms. The minimum atomic E-state index is -0.903. The second-order valence-electron chi connectivity index (χ2n) is 8.93. The summed E-state index contributed by atoms with van der Waals surface area (Å²) in [5.41, 5.74) is 2.24. The molecule has 0 aliphatic carbocycles. The Morgan fingerprint density at radius 3 is 1.24 bits per heavy atom. The van der Waals surface area contributed by atoms with E-state index < -0.39 is 5.97 Å². The summed E-state index contributed by atoms with van der Waals surface area (Å²) < 4.78 is 0. The molecule has 0 spiro atoms. The number of rotatable bonds is 18. The SMILES string of the molecule is CCCCCCCCCCCCCCCCCC(=O)[O-].[Na+].c1ccc(Nc2ccccc2)cc1. The van der Waals surface area contributed by atoms with Crippen LogP contribution in [0.5, 0.6) is 0 Å². The molecule has 0 unspecified atom stereocenters. The molecule has 184 valence electrons. The van der Waals surface area contributed by atoms with Gasteiger partial charge in [-0.15, -0.1) is 0 Å². The van der Waals surface area contributed by atoms with Crippen molar-refractivity contribution in [3.05, 3.63) is 60.7 Å². The molecular formula is C30H46NNaO2. The summed E-state index contributed by atoms with van der Waals surface area (Å²) in [6.07, 6.45) is 19.9. The average molecular weight is 476 g/mol. The van der Waals surface area contributed by atoms with Gasteiger partial charge in [0, 0.05) is 17.3 Å². The van der Waals surface area contributed by atoms with E-state index in [1.54, 1.807) is 0 Å². The number of carboxylic acids is 1. The number of benzene rings is 2. The smallest absolute Gasteiger partial charge is 0.550 e. The maximum atomic E-state index is 10.2. The van der Waals surface area contributed by atoms with Crippen LogP contribution >= 0.6 is 0 Å². The molecular weight excluding hydrogens is 429 g/mol. The Labute approximate surface area is 231 Å². The number of carbonyl (C=O) groups excluding carboxylic acids is 1. The van der Waals surface area contributed by atoms with Gasteiger partial charge in [-0.25, -0.2) is 0 Å². The van der Waals surface area contributed by atoms with Gasteiger partial charge in [-0.05, 0) is 37.1 Å². The Morgan fingerprint density at radius 1 is 0.588 bits per heavy atom. The fraction of sp³-hybridized carbons (Fsp3) is 0.567. The summed E-state index contributed by atoms with van der Waals surface area (Å²) in [6, 6.07) is 20.3. The normalized spacial score (nSPS) is 10.0. The third-order valence-electron chi connectivity index (χ3n) is 5.82. The van der Waals surface area contributed by atoms with Gasteiger partial charge in [0.25, 0.3) is 0 Å². The number of carbonyl (C=O) groups is 1. The second kappa shape index (κ2) is 24.8. The predicted octanol–water partition coefficient (Wildman–Crippen LogP) is 5.43. The van der Waals surface area contributed by atoms with Crippen molar-refractivity contribution in [2.75, 3.05) is 5.32 Å². The molecule has 0 saturated carbocycles. The summed E-state index contributed by atoms with van der Waals surface area (Å²) in [7, 11) is 0. The van der Waals surface area contributed by atoms with Crippen LogP contribution in [0, 0.1) is 0 Å². The topological polar surface area (TPSA) is 52.2 Å². The zero-order chi connectivity index (χ0) is 23.8. The summed E-state index contributed by atoms with van der Waals surface area (Å²) in [5, 5.41) is 13.5. The Kier molecular flexibility index (Phi) is 23.9. The van der Waals surface area contributed by atoms with Crippen LogP contribution in [0.15, 0.2) is 60.7 Å². The fourth-order valence-corrected chi connectivity index (χ4v) is 3.85. The molecule has 0 amide bonds. The molecule has 1 N–H and O–H groups in total. The van der Waals surface area contributed by atoms with Crippen LogP contribution in [0.1, 0.15) is 110 Å². The number of nitrogens with one attached hydrogen (secondary N) is 1. The molecule has 0 atom stereocenters. The van der Waals surface area contributed by atoms with Gasteiger partial charge in [0.2, 0.25) is 0 Å². The Balaban J connectivity index is 0.000000668. The number of anilines is 2. The fourth-order valence-electron chi connectivity index (χ4n) is 3.85. The third-order valence-corrected chi connectivity index (χ3v) is 5.82. The van der Waals surface area contributed by atoms with Crippen LogP contribution in [0.4, 0.5) is 11.4 Å². The van der Waals surface area contributed by atoms with Crippen molar-refractivity contribution in [1.29, 1.82) is 0 Å². The first kappa shape index (κ1) is 32.7. The molecule has 3 nitrogen and oxygen atoms in total. The monoisotopic (exact) mass is 475 g/mol. The molecule has 0 aliphatic heterocycles. The van der Waals surface area contributed by atoms with E-state index in [-0.39, 0.29) is 36.0 Å². The largest absolute Gasteiger partial charge is 1.00 e. The second-order valence-corrected chi connectivity index (χ2v) is 8.93. The van der Waals surface area contributed by atoms with E-state index in [0.717, 1.165) is 24.2 Å². The van der Waals surface area contributed by atoms with E-state index in [1.807, 2.05) is 60.7 Å². The van der Waals surface area contributed by atoms with Crippen LogP contribution in [0.25, 0.3) is 0 Å². The van der Waals surface area contributed by atoms with Crippen LogP contribution in [0.2, 0.25) is 0 Å². The van der Waals surface area contributed by atoms with Crippen LogP contribution in [-0.2, 0) is 4.79 Å². The van der Waals surface area contributed by atoms with E-state index in [4.69, 9.17) is 0 Å². The average Bonchev–Trinajstić information content (AvgIpc) is 2.83. The first-order valence-electron chi connectivity index (χ1n) is 13.3. The van der Waals surface area contributed by atoms with Crippen molar-refractivity contribution in [3.8, 4) is 0 Å². The summed E-state index contributed by atoms with van der Waals surface area (Å²) in [5.74, 6) is -0.903. The van der Waals surface area contributed by atoms with Crippen molar-refractivity contribution >= 4 is 17.3 Å². The number of unbranched alkanes of at least 4 members (excludes halogenated alkanes) is 14. The molecule has 2 aromatic carbocycles. The molecule has 0 aromatic heterocycles. The maximum Gasteiger partial charge on any atom is 1.00 e. The first-order valence-corrected chi connectivity index (χ1v) is 13.3. The molecule has 4 heteroatoms. The van der Waals surface area contributed by atoms with Gasteiger partial charge in [-0.3, -0.25) is 0 Å².